The van der Waals surface area contributed by atoms with E-state index in [0.717, 1.165) is 36.3 Å². The highest BCUT2D eigenvalue weighted by molar-refractivity contribution is 5.94. The number of hydrogen-bond acceptors (Lipinski definition) is 3. The van der Waals surface area contributed by atoms with Gasteiger partial charge in [-0.1, -0.05) is 18.2 Å². The Hall–Kier alpha value is -3.08. The first-order valence-electron chi connectivity index (χ1n) is 9.58. The summed E-state index contributed by atoms with van der Waals surface area (Å²) in [5.74, 6) is 0.0221. The molecule has 1 fully saturated rings. The van der Waals surface area contributed by atoms with Crippen LogP contribution in [0.3, 0.4) is 0 Å². The second kappa shape index (κ2) is 8.30. The Morgan fingerprint density at radius 1 is 1.11 bits per heavy atom. The topological polar surface area (TPSA) is 46.1 Å². The molecule has 5 heteroatoms. The summed E-state index contributed by atoms with van der Waals surface area (Å²) in [6.45, 7) is 1.43. The maximum Gasteiger partial charge on any atom is 0.255 e. The number of likely N-dealkylation sites (tertiary alicyclic amines) is 1. The Bertz CT molecular complexity index is 944. The van der Waals surface area contributed by atoms with Crippen molar-refractivity contribution in [3.63, 3.8) is 0 Å². The molecule has 2 aromatic heterocycles. The number of pyridine rings is 2. The van der Waals surface area contributed by atoms with E-state index in [-0.39, 0.29) is 17.6 Å². The highest BCUT2D eigenvalue weighted by Gasteiger charge is 2.26. The number of benzene rings is 1. The van der Waals surface area contributed by atoms with Crippen molar-refractivity contribution in [2.75, 3.05) is 13.1 Å². The molecule has 0 spiro atoms. The predicted octanol–water partition coefficient (Wildman–Crippen LogP) is 4.23. The maximum atomic E-state index is 13.1. The minimum absolute atomic E-state index is 0.0280. The van der Waals surface area contributed by atoms with Crippen LogP contribution < -0.4 is 0 Å². The lowest BCUT2D eigenvalue weighted by Crippen LogP contribution is -2.39. The lowest BCUT2D eigenvalue weighted by Gasteiger charge is -2.32. The van der Waals surface area contributed by atoms with E-state index in [4.69, 9.17) is 4.98 Å². The Morgan fingerprint density at radius 2 is 1.96 bits per heavy atom. The van der Waals surface area contributed by atoms with Crippen LogP contribution in [0.25, 0.3) is 0 Å². The summed E-state index contributed by atoms with van der Waals surface area (Å²) in [4.78, 5) is 23.5. The van der Waals surface area contributed by atoms with E-state index in [1.165, 1.54) is 12.1 Å². The number of hydrogen-bond donors (Lipinski definition) is 0. The van der Waals surface area contributed by atoms with Gasteiger partial charge in [-0.05, 0) is 54.8 Å². The zero-order chi connectivity index (χ0) is 19.3. The molecule has 4 nitrogen and oxygen atoms in total. The normalized spacial score (nSPS) is 16.8. The maximum absolute atomic E-state index is 13.1. The molecule has 1 aliphatic rings. The van der Waals surface area contributed by atoms with E-state index in [1.807, 2.05) is 23.1 Å². The highest BCUT2D eigenvalue weighted by Crippen LogP contribution is 2.27. The summed E-state index contributed by atoms with van der Waals surface area (Å²) in [5.41, 5.74) is 3.63. The number of rotatable bonds is 4. The van der Waals surface area contributed by atoms with Crippen molar-refractivity contribution in [3.05, 3.63) is 95.3 Å². The minimum atomic E-state index is -0.231. The largest absolute Gasteiger partial charge is 0.338 e. The van der Waals surface area contributed by atoms with Crippen molar-refractivity contribution in [1.29, 1.82) is 0 Å². The summed E-state index contributed by atoms with van der Waals surface area (Å²) < 4.78 is 13.1. The molecule has 0 radical (unpaired) electrons. The van der Waals surface area contributed by atoms with Crippen LogP contribution in [-0.2, 0) is 6.42 Å². The van der Waals surface area contributed by atoms with Crippen molar-refractivity contribution in [2.45, 2.75) is 25.2 Å². The quantitative estimate of drug-likeness (QED) is 0.686. The molecule has 1 atom stereocenters. The summed E-state index contributed by atoms with van der Waals surface area (Å²) in [7, 11) is 0. The van der Waals surface area contributed by atoms with Crippen LogP contribution in [0.1, 0.15) is 46.1 Å². The molecule has 3 aromatic rings. The monoisotopic (exact) mass is 375 g/mol. The molecule has 0 saturated carbocycles. The van der Waals surface area contributed by atoms with Gasteiger partial charge in [0.05, 0.1) is 5.56 Å². The molecular weight excluding hydrogens is 353 g/mol. The van der Waals surface area contributed by atoms with E-state index in [9.17, 15) is 9.18 Å². The lowest BCUT2D eigenvalue weighted by atomic mass is 9.93. The van der Waals surface area contributed by atoms with Gasteiger partial charge in [0.15, 0.2) is 0 Å². The number of aromatic nitrogens is 2. The molecule has 4 rings (SSSR count). The smallest absolute Gasteiger partial charge is 0.255 e. The van der Waals surface area contributed by atoms with Crippen molar-refractivity contribution < 1.29 is 9.18 Å². The van der Waals surface area contributed by atoms with Gasteiger partial charge >= 0.3 is 0 Å². The zero-order valence-corrected chi connectivity index (χ0v) is 15.6. The van der Waals surface area contributed by atoms with E-state index in [0.29, 0.717) is 18.5 Å². The summed E-state index contributed by atoms with van der Waals surface area (Å²) in [6, 6.07) is 16.2. The molecule has 1 saturated heterocycles. The fourth-order valence-corrected chi connectivity index (χ4v) is 3.71. The van der Waals surface area contributed by atoms with Crippen LogP contribution in [0.4, 0.5) is 4.39 Å². The number of carbonyl (C=O) groups excluding carboxylic acids is 1. The predicted molar refractivity (Wildman–Crippen MR) is 106 cm³/mol. The van der Waals surface area contributed by atoms with Crippen LogP contribution in [0.5, 0.6) is 0 Å². The Kier molecular flexibility index (Phi) is 5.42. The van der Waals surface area contributed by atoms with E-state index in [2.05, 4.69) is 4.98 Å². The van der Waals surface area contributed by atoms with Gasteiger partial charge in [-0.25, -0.2) is 4.39 Å². The van der Waals surface area contributed by atoms with Gasteiger partial charge in [0, 0.05) is 49.2 Å². The molecule has 0 unspecified atom stereocenters. The van der Waals surface area contributed by atoms with Crippen LogP contribution in [0.15, 0.2) is 67.0 Å². The van der Waals surface area contributed by atoms with Crippen molar-refractivity contribution in [1.82, 2.24) is 14.9 Å². The summed E-state index contributed by atoms with van der Waals surface area (Å²) >= 11 is 0. The van der Waals surface area contributed by atoms with Crippen molar-refractivity contribution >= 4 is 5.91 Å². The van der Waals surface area contributed by atoms with Crippen LogP contribution in [0, 0.1) is 5.82 Å². The third kappa shape index (κ3) is 4.25. The van der Waals surface area contributed by atoms with E-state index < -0.39 is 0 Å². The standard InChI is InChI=1S/C23H22FN3O/c24-20-10-8-17(9-11-20)14-21-6-1-7-22(26-21)19-5-3-13-27(16-19)23(28)18-4-2-12-25-15-18/h1-2,4,6-12,15,19H,3,5,13-14,16H2/t19-/m0/s1. The fraction of sp³-hybridized carbons (Fsp3) is 0.261. The van der Waals surface area contributed by atoms with Crippen molar-refractivity contribution in [3.8, 4) is 0 Å². The van der Waals surface area contributed by atoms with E-state index in [1.54, 1.807) is 36.7 Å². The first-order chi connectivity index (χ1) is 13.7. The molecule has 3 heterocycles. The van der Waals surface area contributed by atoms with Gasteiger partial charge in [0.2, 0.25) is 0 Å². The molecule has 1 aromatic carbocycles. The molecule has 0 bridgehead atoms. The summed E-state index contributed by atoms with van der Waals surface area (Å²) in [6.07, 6.45) is 5.93. The molecule has 1 aliphatic heterocycles. The van der Waals surface area contributed by atoms with Gasteiger partial charge < -0.3 is 4.90 Å². The number of piperidine rings is 1. The third-order valence-electron chi connectivity index (χ3n) is 5.16. The van der Waals surface area contributed by atoms with Crippen LogP contribution in [-0.4, -0.2) is 33.9 Å². The minimum Gasteiger partial charge on any atom is -0.338 e. The molecule has 142 valence electrons. The SMILES string of the molecule is O=C(c1cccnc1)N1CCC[C@H](c2cccc(Cc3ccc(F)cc3)n2)C1. The first kappa shape index (κ1) is 18.3. The number of carbonyl (C=O) groups is 1. The highest BCUT2D eigenvalue weighted by atomic mass is 19.1. The van der Waals surface area contributed by atoms with Crippen molar-refractivity contribution in [2.24, 2.45) is 0 Å². The molecule has 0 N–H and O–H groups in total. The molecule has 28 heavy (non-hydrogen) atoms. The molecule has 1 amide bonds. The Labute approximate surface area is 164 Å². The lowest BCUT2D eigenvalue weighted by molar-refractivity contribution is 0.0705. The van der Waals surface area contributed by atoms with Gasteiger partial charge in [0.1, 0.15) is 5.82 Å². The molecular formula is C23H22FN3O. The number of halogens is 1. The second-order valence-electron chi connectivity index (χ2n) is 7.19. The second-order valence-corrected chi connectivity index (χ2v) is 7.19. The zero-order valence-electron chi connectivity index (χ0n) is 15.6. The van der Waals surface area contributed by atoms with Gasteiger partial charge in [-0.15, -0.1) is 0 Å². The molecule has 0 aliphatic carbocycles. The summed E-state index contributed by atoms with van der Waals surface area (Å²) in [5, 5.41) is 0. The average molecular weight is 375 g/mol. The fourth-order valence-electron chi connectivity index (χ4n) is 3.71. The van der Waals surface area contributed by atoms with Gasteiger partial charge in [-0.2, -0.15) is 0 Å². The number of amides is 1. The van der Waals surface area contributed by atoms with E-state index >= 15 is 0 Å². The average Bonchev–Trinajstić information content (AvgIpc) is 2.76. The van der Waals surface area contributed by atoms with Gasteiger partial charge in [0.25, 0.3) is 5.91 Å². The van der Waals surface area contributed by atoms with Crippen LogP contribution >= 0.6 is 0 Å². The first-order valence-corrected chi connectivity index (χ1v) is 9.58. The number of nitrogens with zero attached hydrogens (tertiary/aromatic N) is 3. The van der Waals surface area contributed by atoms with Crippen LogP contribution in [0.2, 0.25) is 0 Å². The Balaban J connectivity index is 1.47. The Morgan fingerprint density at radius 3 is 2.75 bits per heavy atom. The third-order valence-corrected chi connectivity index (χ3v) is 5.16. The van der Waals surface area contributed by atoms with Gasteiger partial charge in [-0.3, -0.25) is 14.8 Å².